The van der Waals surface area contributed by atoms with Gasteiger partial charge < -0.3 is 28.5 Å². The van der Waals surface area contributed by atoms with Crippen LogP contribution in [0, 0.1) is 0 Å². The molecule has 2 aliphatic heterocycles. The monoisotopic (exact) mass is 833 g/mol. The number of hydrogen-bond donors (Lipinski definition) is 1. The van der Waals surface area contributed by atoms with Gasteiger partial charge in [0.15, 0.2) is 19.8 Å². The Morgan fingerprint density at radius 1 is 0.719 bits per heavy atom. The molecule has 0 amide bonds. The molecule has 0 saturated heterocycles. The standard InChI is InChI=1S/C48H48O6S2Si/c1-47(2,3)57(4,5)54-46-45-44-40(52-32-35-21-13-8-14-22-35)28-37(49)29-41(44)53-48(46,56-43-24-16-15-23-42(43)55-45)36-25-26-38(50-30-33-17-9-6-10-18-33)39(27-36)51-31-34-19-11-7-12-20-34/h6-29,45-46,49H,30-32H2,1-5H3/t45-,46+,48-/m0/s1/i6D,7D,8D,9D,10D,11D,12D,13D,14D,17D,18D,19D,20D,21D,22D,30D2,31D2,32D2. The van der Waals surface area contributed by atoms with Crippen LogP contribution in [0.1, 0.15) is 82.6 Å². The molecule has 0 unspecified atom stereocenters. The molecule has 0 saturated carbocycles. The van der Waals surface area contributed by atoms with Crippen LogP contribution < -0.4 is 18.9 Å². The van der Waals surface area contributed by atoms with Crippen molar-refractivity contribution in [3.63, 3.8) is 0 Å². The van der Waals surface area contributed by atoms with Crippen molar-refractivity contribution in [1.29, 1.82) is 0 Å². The van der Waals surface area contributed by atoms with E-state index in [0.29, 0.717) is 9.79 Å². The van der Waals surface area contributed by atoms with Gasteiger partial charge in [-0.25, -0.2) is 0 Å². The number of aromatic hydroxyl groups is 1. The number of ether oxygens (including phenoxy) is 4. The third kappa shape index (κ3) is 8.30. The fourth-order valence-corrected chi connectivity index (χ4v) is 10.3. The average Bonchev–Trinajstić information content (AvgIpc) is 3.49. The van der Waals surface area contributed by atoms with E-state index in [2.05, 4.69) is 0 Å². The second kappa shape index (κ2) is 16.2. The first kappa shape index (κ1) is 21.3. The first-order valence-electron chi connectivity index (χ1n) is 28.0. The molecule has 9 heteroatoms. The van der Waals surface area contributed by atoms with Gasteiger partial charge >= 0.3 is 0 Å². The maximum absolute atomic E-state index is 11.5. The van der Waals surface area contributed by atoms with E-state index in [1.165, 1.54) is 23.9 Å². The number of phenols is 1. The Morgan fingerprint density at radius 2 is 1.26 bits per heavy atom. The van der Waals surface area contributed by atoms with Crippen LogP contribution in [-0.2, 0) is 29.0 Å². The topological polar surface area (TPSA) is 66.4 Å². The van der Waals surface area contributed by atoms with Gasteiger partial charge in [0.05, 0.1) is 39.6 Å². The Bertz CT molecular complexity index is 3380. The first-order valence-corrected chi connectivity index (χ1v) is 22.1. The maximum Gasteiger partial charge on any atom is 0.210 e. The smallest absolute Gasteiger partial charge is 0.210 e. The molecule has 6 aromatic carbocycles. The molecule has 8 rings (SSSR count). The highest BCUT2D eigenvalue weighted by molar-refractivity contribution is 8.03. The average molecular weight is 834 g/mol. The van der Waals surface area contributed by atoms with E-state index in [0.717, 1.165) is 30.0 Å². The van der Waals surface area contributed by atoms with Gasteiger partial charge in [0.25, 0.3) is 0 Å². The van der Waals surface area contributed by atoms with E-state index in [4.69, 9.17) is 49.4 Å². The number of phenolic OH excluding ortho intramolecular Hbond substituents is 1. The minimum absolute atomic E-state index is 0.0343. The van der Waals surface area contributed by atoms with Gasteiger partial charge in [-0.05, 0) is 59.1 Å². The fourth-order valence-electron chi connectivity index (χ4n) is 5.77. The van der Waals surface area contributed by atoms with Crippen molar-refractivity contribution in [1.82, 2.24) is 0 Å². The van der Waals surface area contributed by atoms with Crippen LogP contribution in [0.4, 0.5) is 0 Å². The Balaban J connectivity index is 1.42. The number of hydrogen-bond acceptors (Lipinski definition) is 8. The van der Waals surface area contributed by atoms with Crippen LogP contribution in [0.25, 0.3) is 0 Å². The largest absolute Gasteiger partial charge is 0.508 e. The normalized spacial score (nSPS) is 24.7. The van der Waals surface area contributed by atoms with Crippen molar-refractivity contribution in [2.24, 2.45) is 0 Å². The minimum Gasteiger partial charge on any atom is -0.508 e. The molecule has 57 heavy (non-hydrogen) atoms. The number of fused-ring (bicyclic) bond motifs is 5. The summed E-state index contributed by atoms with van der Waals surface area (Å²) in [5.74, 6) is -2.49. The molecule has 6 aromatic rings. The molecule has 2 aliphatic rings. The third-order valence-corrected chi connectivity index (χ3v) is 16.9. The quantitative estimate of drug-likeness (QED) is 0.122. The van der Waals surface area contributed by atoms with Gasteiger partial charge in [-0.3, -0.25) is 0 Å². The number of benzene rings is 6. The van der Waals surface area contributed by atoms with E-state index in [9.17, 15) is 7.85 Å². The summed E-state index contributed by atoms with van der Waals surface area (Å²) < 4.78 is 213. The van der Waals surface area contributed by atoms with Crippen molar-refractivity contribution in [3.8, 4) is 28.7 Å². The summed E-state index contributed by atoms with van der Waals surface area (Å²) in [6.07, 6.45) is -1.26. The second-order valence-corrected chi connectivity index (χ2v) is 21.5. The predicted octanol–water partition coefficient (Wildman–Crippen LogP) is 12.7. The summed E-state index contributed by atoms with van der Waals surface area (Å²) in [5.41, 5.74) is -2.64. The van der Waals surface area contributed by atoms with Crippen LogP contribution in [0.2, 0.25) is 18.1 Å². The zero-order valence-electron chi connectivity index (χ0n) is 52.2. The number of thioether (sulfide) groups is 2. The molecule has 6 nitrogen and oxygen atoms in total. The molecule has 292 valence electrons. The summed E-state index contributed by atoms with van der Waals surface area (Å²) >= 11 is 2.32. The fraction of sp³-hybridized carbons (Fsp3) is 0.250. The Labute approximate surface area is 375 Å². The molecule has 0 spiro atoms. The van der Waals surface area contributed by atoms with Crippen LogP contribution >= 0.6 is 23.5 Å². The molecular formula is C48H48O6S2Si. The zero-order valence-corrected chi connectivity index (χ0v) is 33.8. The highest BCUT2D eigenvalue weighted by Crippen LogP contribution is 2.66. The lowest BCUT2D eigenvalue weighted by atomic mass is 9.92. The van der Waals surface area contributed by atoms with Crippen molar-refractivity contribution < 1.29 is 57.3 Å². The van der Waals surface area contributed by atoms with E-state index < -0.39 is 174 Å². The van der Waals surface area contributed by atoms with Crippen molar-refractivity contribution in [2.75, 3.05) is 0 Å². The van der Waals surface area contributed by atoms with Gasteiger partial charge in [0, 0.05) is 27.5 Å². The minimum atomic E-state index is -3.39. The van der Waals surface area contributed by atoms with Crippen LogP contribution in [-0.4, -0.2) is 19.5 Å². The summed E-state index contributed by atoms with van der Waals surface area (Å²) in [5, 5.41) is 9.87. The lowest BCUT2D eigenvalue weighted by Gasteiger charge is -2.50. The van der Waals surface area contributed by atoms with Gasteiger partial charge in [-0.2, -0.15) is 0 Å². The second-order valence-electron chi connectivity index (χ2n) is 14.3. The molecule has 1 N–H and O–H groups in total. The summed E-state index contributed by atoms with van der Waals surface area (Å²) in [7, 11) is -3.09. The summed E-state index contributed by atoms with van der Waals surface area (Å²) in [6.45, 7) is -0.114. The molecule has 0 radical (unpaired) electrons. The Morgan fingerprint density at radius 3 is 1.84 bits per heavy atom. The van der Waals surface area contributed by atoms with Gasteiger partial charge in [0.2, 0.25) is 4.93 Å². The van der Waals surface area contributed by atoms with Gasteiger partial charge in [-0.15, -0.1) is 11.8 Å². The molecule has 0 fully saturated rings. The van der Waals surface area contributed by atoms with Crippen molar-refractivity contribution in [2.45, 2.75) is 84.7 Å². The predicted molar refractivity (Wildman–Crippen MR) is 232 cm³/mol. The highest BCUT2D eigenvalue weighted by Gasteiger charge is 2.59. The third-order valence-electron chi connectivity index (χ3n) is 9.51. The van der Waals surface area contributed by atoms with Crippen LogP contribution in [0.5, 0.6) is 28.7 Å². The van der Waals surface area contributed by atoms with E-state index in [1.54, 1.807) is 24.3 Å². The lowest BCUT2D eigenvalue weighted by molar-refractivity contribution is -0.000739. The van der Waals surface area contributed by atoms with Crippen LogP contribution in [0.3, 0.4) is 0 Å². The van der Waals surface area contributed by atoms with Gasteiger partial charge in [0.1, 0.15) is 43.0 Å². The number of rotatable bonds is 12. The molecule has 0 aliphatic carbocycles. The zero-order chi connectivity index (χ0) is 58.1. The molecule has 2 bridgehead atoms. The maximum atomic E-state index is 11.5. The Kier molecular flexibility index (Phi) is 6.05. The molecule has 0 aromatic heterocycles. The Hall–Kier alpha value is -4.80. The van der Waals surface area contributed by atoms with Crippen LogP contribution in [0.15, 0.2) is 155 Å². The summed E-state index contributed by atoms with van der Waals surface area (Å²) in [4.78, 5) is -0.781. The van der Waals surface area contributed by atoms with E-state index in [1.807, 2.05) is 33.9 Å². The SMILES string of the molecule is [2H]c1c([2H])c([2H])c(C([2H])([2H])Oc2ccc([C@]34Oc5cc(O)cc(OC([2H])([2H])c6c([2H])c([2H])c([2H])c([2H])c6[2H])c5[C@H](Sc5ccccc5S3)[C@H]4O[Si](C)(C)C(C)(C)C)cc2OC([2H])([2H])c2c([2H])c([2H])c([2H])c([2H])c2[2H])c([2H])c1[2H]. The molecular weight excluding hydrogens is 765 g/mol. The van der Waals surface area contributed by atoms with Crippen molar-refractivity contribution in [3.05, 3.63) is 173 Å². The van der Waals surface area contributed by atoms with E-state index in [-0.39, 0.29) is 22.6 Å². The lowest BCUT2D eigenvalue weighted by Crippen LogP contribution is -2.55. The van der Waals surface area contributed by atoms with E-state index >= 15 is 0 Å². The highest BCUT2D eigenvalue weighted by atomic mass is 32.2. The van der Waals surface area contributed by atoms with Crippen molar-refractivity contribution >= 4 is 31.8 Å². The molecule has 3 atom stereocenters. The molecule has 2 heterocycles. The first-order chi connectivity index (χ1) is 35.9. The van der Waals surface area contributed by atoms with Gasteiger partial charge in [-0.1, -0.05) is 141 Å². The summed E-state index contributed by atoms with van der Waals surface area (Å²) in [6, 6.07) is -0.410.